The summed E-state index contributed by atoms with van der Waals surface area (Å²) in [6.07, 6.45) is 14.2. The standard InChI is InChI=1S/C28H33NO2/c1-26-12-10-22-16-21-6-7-23(30)17-27(21)13-14-28(22,31-27)24(26)8-9-25(26)29-15-11-19-4-2-3-5-20(19)18-29/h2-5,10,16,24-25H,6-9,11-15,17-18H2,1H3/t24-,25+,26+,27-,28-/m1/s1. The fraction of sp³-hybridized carbons (Fsp3) is 0.607. The highest BCUT2D eigenvalue weighted by molar-refractivity contribution is 5.82. The Morgan fingerprint density at radius 3 is 2.84 bits per heavy atom. The van der Waals surface area contributed by atoms with Gasteiger partial charge in [-0.2, -0.15) is 0 Å². The van der Waals surface area contributed by atoms with Gasteiger partial charge in [-0.25, -0.2) is 0 Å². The number of Topliss-reactive ketones (excluding diaryl/α,β-unsaturated/α-hetero) is 1. The molecule has 2 bridgehead atoms. The Kier molecular flexibility index (Phi) is 3.77. The first-order chi connectivity index (χ1) is 15.0. The molecule has 6 aliphatic rings. The topological polar surface area (TPSA) is 29.5 Å². The number of rotatable bonds is 1. The van der Waals surface area contributed by atoms with E-state index in [0.717, 1.165) is 32.2 Å². The Labute approximate surface area is 185 Å². The van der Waals surface area contributed by atoms with Crippen molar-refractivity contribution in [1.82, 2.24) is 4.90 Å². The van der Waals surface area contributed by atoms with E-state index in [1.807, 2.05) is 0 Å². The van der Waals surface area contributed by atoms with Gasteiger partial charge in [0.05, 0.1) is 11.2 Å². The molecule has 1 aromatic carbocycles. The minimum atomic E-state index is -0.271. The third-order valence-corrected chi connectivity index (χ3v) is 10.0. The summed E-state index contributed by atoms with van der Waals surface area (Å²) >= 11 is 0. The van der Waals surface area contributed by atoms with Crippen LogP contribution in [0.5, 0.6) is 0 Å². The molecule has 2 saturated carbocycles. The van der Waals surface area contributed by atoms with Crippen LogP contribution in [0.3, 0.4) is 0 Å². The molecule has 0 aromatic heterocycles. The van der Waals surface area contributed by atoms with Gasteiger partial charge >= 0.3 is 0 Å². The van der Waals surface area contributed by atoms with Crippen molar-refractivity contribution in [2.45, 2.75) is 88.5 Å². The highest BCUT2D eigenvalue weighted by atomic mass is 16.5. The van der Waals surface area contributed by atoms with Gasteiger partial charge in [-0.15, -0.1) is 0 Å². The van der Waals surface area contributed by atoms with E-state index in [0.29, 0.717) is 30.6 Å². The summed E-state index contributed by atoms with van der Waals surface area (Å²) in [4.78, 5) is 15.2. The second kappa shape index (κ2) is 6.20. The second-order valence-electron chi connectivity index (χ2n) is 11.4. The average molecular weight is 416 g/mol. The number of hydrogen-bond donors (Lipinski definition) is 0. The Morgan fingerprint density at radius 2 is 1.94 bits per heavy atom. The van der Waals surface area contributed by atoms with Crippen LogP contribution in [0.4, 0.5) is 0 Å². The van der Waals surface area contributed by atoms with Crippen LogP contribution in [-0.2, 0) is 22.5 Å². The molecule has 3 aliphatic heterocycles. The lowest BCUT2D eigenvalue weighted by molar-refractivity contribution is -0.149. The van der Waals surface area contributed by atoms with E-state index in [2.05, 4.69) is 48.2 Å². The number of nitrogens with zero attached hydrogens (tertiary/aromatic N) is 1. The van der Waals surface area contributed by atoms with Gasteiger partial charge in [0.2, 0.25) is 0 Å². The van der Waals surface area contributed by atoms with Gasteiger partial charge in [-0.3, -0.25) is 9.69 Å². The summed E-state index contributed by atoms with van der Waals surface area (Å²) in [7, 11) is 0. The van der Waals surface area contributed by atoms with Gasteiger partial charge in [0, 0.05) is 32.0 Å². The van der Waals surface area contributed by atoms with Crippen LogP contribution in [0.15, 0.2) is 47.6 Å². The van der Waals surface area contributed by atoms with Gasteiger partial charge in [-0.1, -0.05) is 43.3 Å². The van der Waals surface area contributed by atoms with E-state index in [-0.39, 0.29) is 16.6 Å². The SMILES string of the molecule is C[C@]12CC=C3C=C4CCC(=O)C[C@]45CC[C@]3(O5)[C@@H]1CC[C@@H]2N1CCc2ccccc2C1. The van der Waals surface area contributed by atoms with Crippen LogP contribution >= 0.6 is 0 Å². The summed E-state index contributed by atoms with van der Waals surface area (Å²) in [6, 6.07) is 9.63. The first-order valence-electron chi connectivity index (χ1n) is 12.5. The number of ketones is 1. The van der Waals surface area contributed by atoms with Crippen LogP contribution in [0, 0.1) is 11.3 Å². The normalized spacial score (nSPS) is 43.5. The van der Waals surface area contributed by atoms with E-state index in [1.54, 1.807) is 0 Å². The van der Waals surface area contributed by atoms with Crippen molar-refractivity contribution in [3.05, 3.63) is 58.7 Å². The lowest BCUT2D eigenvalue weighted by Gasteiger charge is -2.55. The minimum Gasteiger partial charge on any atom is -0.359 e. The van der Waals surface area contributed by atoms with Crippen molar-refractivity contribution in [2.24, 2.45) is 11.3 Å². The highest BCUT2D eigenvalue weighted by Crippen LogP contribution is 2.66. The molecule has 1 aromatic rings. The fourth-order valence-electron chi connectivity index (χ4n) is 8.58. The molecular formula is C28H33NO2. The molecule has 0 amide bonds. The number of hydrogen-bond acceptors (Lipinski definition) is 3. The second-order valence-corrected chi connectivity index (χ2v) is 11.4. The monoisotopic (exact) mass is 415 g/mol. The number of benzene rings is 1. The van der Waals surface area contributed by atoms with Crippen LogP contribution in [-0.4, -0.2) is 34.5 Å². The predicted octanol–water partition coefficient (Wildman–Crippen LogP) is 5.14. The lowest BCUT2D eigenvalue weighted by atomic mass is 9.60. The number of allylic oxidation sites excluding steroid dienone is 1. The lowest BCUT2D eigenvalue weighted by Crippen LogP contribution is -2.57. The molecule has 162 valence electrons. The largest absolute Gasteiger partial charge is 0.359 e. The van der Waals surface area contributed by atoms with Gasteiger partial charge < -0.3 is 4.74 Å². The third-order valence-electron chi connectivity index (χ3n) is 10.0. The smallest absolute Gasteiger partial charge is 0.136 e. The molecule has 0 N–H and O–H groups in total. The van der Waals surface area contributed by atoms with Crippen LogP contribution < -0.4 is 0 Å². The maximum Gasteiger partial charge on any atom is 0.136 e. The third kappa shape index (κ3) is 2.40. The van der Waals surface area contributed by atoms with Crippen molar-refractivity contribution < 1.29 is 9.53 Å². The first-order valence-corrected chi connectivity index (χ1v) is 12.5. The van der Waals surface area contributed by atoms with Crippen molar-refractivity contribution in [1.29, 1.82) is 0 Å². The van der Waals surface area contributed by atoms with E-state index >= 15 is 0 Å². The molecule has 7 rings (SSSR count). The minimum absolute atomic E-state index is 0.142. The van der Waals surface area contributed by atoms with E-state index < -0.39 is 0 Å². The Morgan fingerprint density at radius 1 is 1.06 bits per heavy atom. The molecule has 2 spiro atoms. The number of carbonyl (C=O) groups excluding carboxylic acids is 1. The van der Waals surface area contributed by atoms with Crippen molar-refractivity contribution in [2.75, 3.05) is 6.54 Å². The molecule has 1 saturated heterocycles. The van der Waals surface area contributed by atoms with Crippen LogP contribution in [0.1, 0.15) is 69.4 Å². The highest BCUT2D eigenvalue weighted by Gasteiger charge is 2.67. The Balaban J connectivity index is 1.24. The summed E-state index contributed by atoms with van der Waals surface area (Å²) in [5, 5.41) is 0. The summed E-state index contributed by atoms with van der Waals surface area (Å²) in [5.74, 6) is 0.966. The molecule has 3 nitrogen and oxygen atoms in total. The molecule has 0 unspecified atom stereocenters. The first kappa shape index (κ1) is 18.8. The predicted molar refractivity (Wildman–Crippen MR) is 121 cm³/mol. The zero-order valence-electron chi connectivity index (χ0n) is 18.7. The van der Waals surface area contributed by atoms with Gasteiger partial charge in [0.15, 0.2) is 0 Å². The molecule has 5 atom stereocenters. The van der Waals surface area contributed by atoms with E-state index in [1.165, 1.54) is 48.1 Å². The van der Waals surface area contributed by atoms with Gasteiger partial charge in [-0.05, 0) is 78.6 Å². The Hall–Kier alpha value is -1.71. The van der Waals surface area contributed by atoms with Gasteiger partial charge in [0.25, 0.3) is 0 Å². The Bertz CT molecular complexity index is 1040. The summed E-state index contributed by atoms with van der Waals surface area (Å²) < 4.78 is 7.15. The van der Waals surface area contributed by atoms with Crippen molar-refractivity contribution in [3.8, 4) is 0 Å². The maximum absolute atomic E-state index is 12.4. The fourth-order valence-corrected chi connectivity index (χ4v) is 8.58. The summed E-state index contributed by atoms with van der Waals surface area (Å²) in [5.41, 5.74) is 5.77. The molecule has 3 fully saturated rings. The number of fused-ring (bicyclic) bond motifs is 2. The summed E-state index contributed by atoms with van der Waals surface area (Å²) in [6.45, 7) is 4.82. The molecule has 3 heterocycles. The van der Waals surface area contributed by atoms with Crippen LogP contribution in [0.25, 0.3) is 0 Å². The molecular weight excluding hydrogens is 382 g/mol. The molecule has 31 heavy (non-hydrogen) atoms. The average Bonchev–Trinajstić information content (AvgIpc) is 3.28. The maximum atomic E-state index is 12.4. The molecule has 3 aliphatic carbocycles. The zero-order valence-corrected chi connectivity index (χ0v) is 18.7. The number of ether oxygens (including phenoxy) is 1. The van der Waals surface area contributed by atoms with Crippen LogP contribution in [0.2, 0.25) is 0 Å². The van der Waals surface area contributed by atoms with Gasteiger partial charge in [0.1, 0.15) is 5.78 Å². The van der Waals surface area contributed by atoms with Crippen molar-refractivity contribution >= 4 is 5.78 Å². The van der Waals surface area contributed by atoms with E-state index in [4.69, 9.17) is 4.74 Å². The molecule has 0 radical (unpaired) electrons. The van der Waals surface area contributed by atoms with Crippen molar-refractivity contribution in [3.63, 3.8) is 0 Å². The zero-order chi connectivity index (χ0) is 20.8. The molecule has 3 heteroatoms. The quantitative estimate of drug-likeness (QED) is 0.636. The van der Waals surface area contributed by atoms with E-state index in [9.17, 15) is 4.79 Å². The number of carbonyl (C=O) groups is 1.